The zero-order chi connectivity index (χ0) is 29.9. The number of hydrogen-bond donors (Lipinski definition) is 1. The van der Waals surface area contributed by atoms with Crippen molar-refractivity contribution >= 4 is 28.9 Å². The number of amides is 2. The number of benzene rings is 1. The van der Waals surface area contributed by atoms with Crippen LogP contribution in [0.2, 0.25) is 0 Å². The van der Waals surface area contributed by atoms with E-state index in [-0.39, 0.29) is 25.5 Å². The highest BCUT2D eigenvalue weighted by Crippen LogP contribution is 2.45. The molecular weight excluding hydrogens is 534 g/mol. The zero-order valence-corrected chi connectivity index (χ0v) is 24.2. The maximum atomic E-state index is 13.6. The summed E-state index contributed by atoms with van der Waals surface area (Å²) in [6.07, 6.45) is 0.895. The Hall–Kier alpha value is -3.90. The predicted octanol–water partition coefficient (Wildman–Crippen LogP) is 3.31. The number of methoxy groups -OCH3 is 2. The fourth-order valence-corrected chi connectivity index (χ4v) is 4.97. The highest BCUT2D eigenvalue weighted by Gasteiger charge is 2.62. The average molecular weight is 572 g/mol. The molecule has 12 heteroatoms. The largest absolute Gasteiger partial charge is 0.497 e. The summed E-state index contributed by atoms with van der Waals surface area (Å²) in [6, 6.07) is 6.16. The van der Waals surface area contributed by atoms with Crippen LogP contribution in [0, 0.1) is 5.92 Å². The first kappa shape index (κ1) is 30.1. The number of rotatable bonds is 10. The maximum Gasteiger partial charge on any atom is 0.411 e. The van der Waals surface area contributed by atoms with E-state index in [1.54, 1.807) is 52.2 Å². The molecule has 2 aromatic rings. The molecule has 2 fully saturated rings. The molecule has 1 aromatic carbocycles. The summed E-state index contributed by atoms with van der Waals surface area (Å²) in [5.41, 5.74) is -0.839. The van der Waals surface area contributed by atoms with Gasteiger partial charge in [0, 0.05) is 29.9 Å². The lowest BCUT2D eigenvalue weighted by Crippen LogP contribution is -2.53. The number of aromatic nitrogens is 1. The SMILES string of the molecule is C=C[C@H]1C[C@]1(NC(=O)[C@@H]1CC(Oc2cc(COOC)nc3cc(OC)ccc23)CN1C(=O)OC(C)(C)C)C(=O)OC. The minimum Gasteiger partial charge on any atom is -0.497 e. The van der Waals surface area contributed by atoms with Gasteiger partial charge in [-0.2, -0.15) is 0 Å². The summed E-state index contributed by atoms with van der Waals surface area (Å²) in [7, 11) is 4.23. The molecule has 1 unspecified atom stereocenters. The Morgan fingerprint density at radius 1 is 1.20 bits per heavy atom. The van der Waals surface area contributed by atoms with Gasteiger partial charge in [0.15, 0.2) is 0 Å². The number of pyridine rings is 1. The molecule has 1 saturated carbocycles. The topological polar surface area (TPSA) is 135 Å². The van der Waals surface area contributed by atoms with Gasteiger partial charge in [0.25, 0.3) is 0 Å². The molecule has 1 saturated heterocycles. The van der Waals surface area contributed by atoms with E-state index < -0.39 is 41.3 Å². The Kier molecular flexibility index (Phi) is 8.74. The Balaban J connectivity index is 1.63. The molecule has 0 bridgehead atoms. The van der Waals surface area contributed by atoms with Crippen molar-refractivity contribution in [1.29, 1.82) is 0 Å². The second-order valence-electron chi connectivity index (χ2n) is 11.0. The molecule has 2 amide bonds. The van der Waals surface area contributed by atoms with Crippen LogP contribution in [-0.2, 0) is 35.4 Å². The van der Waals surface area contributed by atoms with Crippen LogP contribution in [0.3, 0.4) is 0 Å². The molecule has 4 rings (SSSR count). The highest BCUT2D eigenvalue weighted by molar-refractivity contribution is 5.95. The Bertz CT molecular complexity index is 1320. The fourth-order valence-electron chi connectivity index (χ4n) is 4.97. The standard InChI is InChI=1S/C29H37N3O9/c1-8-17-14-29(17,26(34)37-6)31-25(33)23-13-20(15-32(23)27(35)41-28(2,3)4)40-24-11-18(16-39-38-7)30-22-12-19(36-5)9-10-21(22)24/h8-12,17,20,23H,1,13-16H2,2-7H3,(H,31,33)/t17-,20?,23-,29+/m0/s1. The number of fused-ring (bicyclic) bond motifs is 1. The van der Waals surface area contributed by atoms with Gasteiger partial charge in [0.2, 0.25) is 5.91 Å². The third-order valence-electron chi connectivity index (χ3n) is 7.04. The van der Waals surface area contributed by atoms with E-state index in [9.17, 15) is 14.4 Å². The maximum absolute atomic E-state index is 13.6. The first-order chi connectivity index (χ1) is 19.4. The van der Waals surface area contributed by atoms with Gasteiger partial charge in [0.05, 0.1) is 39.1 Å². The summed E-state index contributed by atoms with van der Waals surface area (Å²) >= 11 is 0. The van der Waals surface area contributed by atoms with Crippen molar-refractivity contribution in [1.82, 2.24) is 15.2 Å². The van der Waals surface area contributed by atoms with Gasteiger partial charge in [-0.15, -0.1) is 6.58 Å². The van der Waals surface area contributed by atoms with Crippen LogP contribution in [0.5, 0.6) is 11.5 Å². The van der Waals surface area contributed by atoms with Crippen molar-refractivity contribution < 1.29 is 43.1 Å². The van der Waals surface area contributed by atoms with E-state index >= 15 is 0 Å². The smallest absolute Gasteiger partial charge is 0.411 e. The molecule has 1 aromatic heterocycles. The lowest BCUT2D eigenvalue weighted by Gasteiger charge is -2.28. The minimum absolute atomic E-state index is 0.0693. The zero-order valence-electron chi connectivity index (χ0n) is 24.2. The third-order valence-corrected chi connectivity index (χ3v) is 7.04. The van der Waals surface area contributed by atoms with E-state index in [2.05, 4.69) is 16.9 Å². The summed E-state index contributed by atoms with van der Waals surface area (Å²) in [6.45, 7) is 9.13. The molecule has 1 aliphatic heterocycles. The number of nitrogens with zero attached hydrogens (tertiary/aromatic N) is 2. The van der Waals surface area contributed by atoms with Crippen molar-refractivity contribution in [2.24, 2.45) is 5.92 Å². The number of hydrogen-bond acceptors (Lipinski definition) is 10. The van der Waals surface area contributed by atoms with Crippen molar-refractivity contribution in [3.8, 4) is 11.5 Å². The minimum atomic E-state index is -1.21. The number of carbonyl (C=O) groups excluding carboxylic acids is 3. The lowest BCUT2D eigenvalue weighted by molar-refractivity contribution is -0.282. The fraction of sp³-hybridized carbons (Fsp3) is 0.517. The van der Waals surface area contributed by atoms with E-state index in [0.717, 1.165) is 0 Å². The molecule has 12 nitrogen and oxygen atoms in total. The molecule has 4 atom stereocenters. The predicted molar refractivity (Wildman–Crippen MR) is 147 cm³/mol. The van der Waals surface area contributed by atoms with Crippen LogP contribution in [0.25, 0.3) is 10.9 Å². The van der Waals surface area contributed by atoms with Crippen LogP contribution in [0.4, 0.5) is 4.79 Å². The van der Waals surface area contributed by atoms with Gasteiger partial charge in [-0.25, -0.2) is 24.3 Å². The normalized spacial score (nSPS) is 23.6. The second kappa shape index (κ2) is 11.9. The van der Waals surface area contributed by atoms with E-state index in [4.69, 9.17) is 28.7 Å². The van der Waals surface area contributed by atoms with Crippen molar-refractivity contribution in [3.63, 3.8) is 0 Å². The van der Waals surface area contributed by atoms with Gasteiger partial charge in [-0.3, -0.25) is 9.69 Å². The number of ether oxygens (including phenoxy) is 4. The first-order valence-corrected chi connectivity index (χ1v) is 13.3. The molecule has 41 heavy (non-hydrogen) atoms. The molecular formula is C29H37N3O9. The van der Waals surface area contributed by atoms with Gasteiger partial charge in [-0.05, 0) is 39.3 Å². The van der Waals surface area contributed by atoms with Crippen molar-refractivity contribution in [2.45, 2.75) is 63.5 Å². The summed E-state index contributed by atoms with van der Waals surface area (Å²) in [5.74, 6) is -0.227. The monoisotopic (exact) mass is 571 g/mol. The molecule has 2 heterocycles. The van der Waals surface area contributed by atoms with Crippen molar-refractivity contribution in [2.75, 3.05) is 27.9 Å². The summed E-state index contributed by atoms with van der Waals surface area (Å²) in [4.78, 5) is 55.1. The third kappa shape index (κ3) is 6.54. The van der Waals surface area contributed by atoms with E-state index in [0.29, 0.717) is 34.5 Å². The highest BCUT2D eigenvalue weighted by atomic mass is 17.2. The quantitative estimate of drug-likeness (QED) is 0.196. The Morgan fingerprint density at radius 2 is 1.95 bits per heavy atom. The summed E-state index contributed by atoms with van der Waals surface area (Å²) < 4.78 is 22.3. The average Bonchev–Trinajstić information content (AvgIpc) is 3.48. The van der Waals surface area contributed by atoms with Crippen LogP contribution >= 0.6 is 0 Å². The number of likely N-dealkylation sites (tertiary alicyclic amines) is 1. The van der Waals surface area contributed by atoms with Crippen LogP contribution in [-0.4, -0.2) is 79.0 Å². The van der Waals surface area contributed by atoms with Gasteiger partial charge >= 0.3 is 12.1 Å². The first-order valence-electron chi connectivity index (χ1n) is 13.3. The molecule has 2 aliphatic rings. The van der Waals surface area contributed by atoms with Crippen LogP contribution in [0.15, 0.2) is 36.9 Å². The van der Waals surface area contributed by atoms with E-state index in [1.807, 2.05) is 6.07 Å². The summed E-state index contributed by atoms with van der Waals surface area (Å²) in [5, 5.41) is 3.53. The van der Waals surface area contributed by atoms with Crippen LogP contribution < -0.4 is 14.8 Å². The Labute approximate surface area is 238 Å². The van der Waals surface area contributed by atoms with Crippen molar-refractivity contribution in [3.05, 3.63) is 42.6 Å². The number of carbonyl (C=O) groups is 3. The van der Waals surface area contributed by atoms with Gasteiger partial charge < -0.3 is 24.3 Å². The van der Waals surface area contributed by atoms with Gasteiger partial charge in [-0.1, -0.05) is 6.08 Å². The molecule has 0 radical (unpaired) electrons. The number of nitrogens with one attached hydrogen (secondary N) is 1. The van der Waals surface area contributed by atoms with E-state index in [1.165, 1.54) is 19.1 Å². The van der Waals surface area contributed by atoms with Crippen LogP contribution in [0.1, 0.15) is 39.3 Å². The molecule has 1 aliphatic carbocycles. The number of esters is 1. The Morgan fingerprint density at radius 3 is 2.56 bits per heavy atom. The van der Waals surface area contributed by atoms with Gasteiger partial charge in [0.1, 0.15) is 41.4 Å². The molecule has 0 spiro atoms. The lowest BCUT2D eigenvalue weighted by atomic mass is 10.1. The molecule has 222 valence electrons. The second-order valence-corrected chi connectivity index (χ2v) is 11.0. The molecule has 1 N–H and O–H groups in total.